The molecule has 2 fully saturated rings. The maximum absolute atomic E-state index is 9.42. The first-order valence-electron chi connectivity index (χ1n) is 7.14. The average molecular weight is 251 g/mol. The Morgan fingerprint density at radius 1 is 1.56 bits per heavy atom. The van der Waals surface area contributed by atoms with Gasteiger partial charge >= 0.3 is 0 Å². The number of hydrogen-bond donors (Lipinski definition) is 1. The lowest BCUT2D eigenvalue weighted by Crippen LogP contribution is -2.47. The van der Waals surface area contributed by atoms with Crippen molar-refractivity contribution in [2.45, 2.75) is 44.2 Å². The lowest BCUT2D eigenvalue weighted by Gasteiger charge is -2.34. The van der Waals surface area contributed by atoms with Crippen LogP contribution in [0.3, 0.4) is 0 Å². The molecule has 0 radical (unpaired) electrons. The molecule has 3 atom stereocenters. The molecule has 1 heterocycles. The van der Waals surface area contributed by atoms with E-state index in [0.717, 1.165) is 39.1 Å². The molecule has 1 aliphatic carbocycles. The van der Waals surface area contributed by atoms with Crippen LogP contribution < -0.4 is 5.32 Å². The molecule has 1 aliphatic heterocycles. The molecule has 2 rings (SSSR count). The number of morpholine rings is 1. The van der Waals surface area contributed by atoms with Gasteiger partial charge in [0, 0.05) is 13.1 Å². The fraction of sp³-hybridized carbons (Fsp3) is 0.929. The summed E-state index contributed by atoms with van der Waals surface area (Å²) in [5.74, 6) is 0.505. The van der Waals surface area contributed by atoms with Gasteiger partial charge in [0.25, 0.3) is 0 Å². The second kappa shape index (κ2) is 6.01. The number of rotatable bonds is 4. The van der Waals surface area contributed by atoms with Crippen molar-refractivity contribution in [2.24, 2.45) is 5.92 Å². The highest BCUT2D eigenvalue weighted by molar-refractivity contribution is 5.13. The zero-order chi connectivity index (χ0) is 13.0. The molecule has 0 amide bonds. The van der Waals surface area contributed by atoms with Gasteiger partial charge in [0.2, 0.25) is 0 Å². The minimum Gasteiger partial charge on any atom is -0.376 e. The van der Waals surface area contributed by atoms with Crippen LogP contribution in [-0.4, -0.2) is 49.8 Å². The first-order valence-corrected chi connectivity index (χ1v) is 7.14. The molecule has 0 spiro atoms. The van der Waals surface area contributed by atoms with Gasteiger partial charge in [-0.3, -0.25) is 4.90 Å². The molecular formula is C14H25N3O. The van der Waals surface area contributed by atoms with Gasteiger partial charge in [-0.25, -0.2) is 0 Å². The van der Waals surface area contributed by atoms with E-state index in [2.05, 4.69) is 23.2 Å². The highest BCUT2D eigenvalue weighted by atomic mass is 16.5. The van der Waals surface area contributed by atoms with Crippen LogP contribution in [-0.2, 0) is 4.74 Å². The van der Waals surface area contributed by atoms with E-state index in [1.165, 1.54) is 12.8 Å². The Balaban J connectivity index is 1.84. The van der Waals surface area contributed by atoms with Gasteiger partial charge < -0.3 is 10.1 Å². The smallest absolute Gasteiger partial charge is 0.109 e. The van der Waals surface area contributed by atoms with Crippen molar-refractivity contribution in [3.63, 3.8) is 0 Å². The maximum atomic E-state index is 9.42. The van der Waals surface area contributed by atoms with Crippen molar-refractivity contribution in [3.8, 4) is 6.07 Å². The zero-order valence-corrected chi connectivity index (χ0v) is 11.6. The molecule has 0 aromatic rings. The van der Waals surface area contributed by atoms with Crippen LogP contribution in [0.25, 0.3) is 0 Å². The van der Waals surface area contributed by atoms with Gasteiger partial charge in [0.05, 0.1) is 18.8 Å². The Morgan fingerprint density at radius 3 is 3.06 bits per heavy atom. The van der Waals surface area contributed by atoms with Gasteiger partial charge in [0.15, 0.2) is 0 Å². The standard InChI is InChI=1S/C14H25N3O/c1-12-10-17(8-9-18-12)7-5-13-4-3-6-14(13,11-15)16-2/h12-13,16H,3-10H2,1-2H3. The molecule has 0 aromatic heterocycles. The van der Waals surface area contributed by atoms with E-state index in [1.807, 2.05) is 7.05 Å². The van der Waals surface area contributed by atoms with Crippen molar-refractivity contribution >= 4 is 0 Å². The van der Waals surface area contributed by atoms with Gasteiger partial charge in [-0.15, -0.1) is 0 Å². The van der Waals surface area contributed by atoms with Gasteiger partial charge in [0.1, 0.15) is 5.54 Å². The highest BCUT2D eigenvalue weighted by Crippen LogP contribution is 2.37. The van der Waals surface area contributed by atoms with Crippen LogP contribution in [0.1, 0.15) is 32.6 Å². The van der Waals surface area contributed by atoms with Crippen LogP contribution in [0.5, 0.6) is 0 Å². The monoisotopic (exact) mass is 251 g/mol. The van der Waals surface area contributed by atoms with E-state index >= 15 is 0 Å². The Morgan fingerprint density at radius 2 is 2.39 bits per heavy atom. The zero-order valence-electron chi connectivity index (χ0n) is 11.6. The molecule has 2 aliphatic rings. The van der Waals surface area contributed by atoms with E-state index in [4.69, 9.17) is 4.74 Å². The molecule has 1 N–H and O–H groups in total. The molecule has 1 saturated heterocycles. The van der Waals surface area contributed by atoms with Gasteiger partial charge in [-0.2, -0.15) is 5.26 Å². The van der Waals surface area contributed by atoms with Crippen LogP contribution in [0.4, 0.5) is 0 Å². The molecular weight excluding hydrogens is 226 g/mol. The SMILES string of the molecule is CNC1(C#N)CCCC1CCN1CCOC(C)C1. The largest absolute Gasteiger partial charge is 0.376 e. The molecule has 0 bridgehead atoms. The Kier molecular flexibility index (Phi) is 4.60. The summed E-state index contributed by atoms with van der Waals surface area (Å²) in [6.07, 6.45) is 4.85. The second-order valence-corrected chi connectivity index (χ2v) is 5.69. The molecule has 4 nitrogen and oxygen atoms in total. The number of nitriles is 1. The third-order valence-electron chi connectivity index (χ3n) is 4.59. The van der Waals surface area contributed by atoms with E-state index < -0.39 is 0 Å². The summed E-state index contributed by atoms with van der Waals surface area (Å²) < 4.78 is 5.56. The number of nitrogens with zero attached hydrogens (tertiary/aromatic N) is 2. The fourth-order valence-corrected chi connectivity index (χ4v) is 3.43. The lowest BCUT2D eigenvalue weighted by molar-refractivity contribution is -0.0202. The second-order valence-electron chi connectivity index (χ2n) is 5.69. The average Bonchev–Trinajstić information content (AvgIpc) is 2.80. The summed E-state index contributed by atoms with van der Waals surface area (Å²) in [5, 5.41) is 12.7. The predicted octanol–water partition coefficient (Wildman–Crippen LogP) is 1.38. The fourth-order valence-electron chi connectivity index (χ4n) is 3.43. The Bertz CT molecular complexity index is 315. The molecule has 0 aromatic carbocycles. The van der Waals surface area contributed by atoms with E-state index in [9.17, 15) is 5.26 Å². The Labute approximate surface area is 110 Å². The lowest BCUT2D eigenvalue weighted by atomic mass is 9.86. The summed E-state index contributed by atoms with van der Waals surface area (Å²) in [5.41, 5.74) is -0.266. The normalized spacial score (nSPS) is 37.6. The third kappa shape index (κ3) is 2.85. The molecule has 102 valence electrons. The minimum absolute atomic E-state index is 0.266. The van der Waals surface area contributed by atoms with Crippen LogP contribution in [0, 0.1) is 17.2 Å². The van der Waals surface area contributed by atoms with Crippen LogP contribution in [0.2, 0.25) is 0 Å². The summed E-state index contributed by atoms with van der Waals surface area (Å²) >= 11 is 0. The van der Waals surface area contributed by atoms with Crippen molar-refractivity contribution in [2.75, 3.05) is 33.3 Å². The summed E-state index contributed by atoms with van der Waals surface area (Å²) in [6, 6.07) is 2.52. The minimum atomic E-state index is -0.266. The predicted molar refractivity (Wildman–Crippen MR) is 71.2 cm³/mol. The quantitative estimate of drug-likeness (QED) is 0.820. The van der Waals surface area contributed by atoms with Gasteiger partial charge in [-0.1, -0.05) is 6.42 Å². The summed E-state index contributed by atoms with van der Waals surface area (Å²) in [6.45, 7) is 6.15. The number of ether oxygens (including phenoxy) is 1. The van der Waals surface area contributed by atoms with E-state index in [1.54, 1.807) is 0 Å². The Hall–Kier alpha value is -0.630. The maximum Gasteiger partial charge on any atom is 0.109 e. The summed E-state index contributed by atoms with van der Waals surface area (Å²) in [7, 11) is 1.93. The number of hydrogen-bond acceptors (Lipinski definition) is 4. The van der Waals surface area contributed by atoms with E-state index in [0.29, 0.717) is 12.0 Å². The summed E-state index contributed by atoms with van der Waals surface area (Å²) in [4.78, 5) is 2.48. The van der Waals surface area contributed by atoms with Crippen molar-refractivity contribution in [1.82, 2.24) is 10.2 Å². The first kappa shape index (κ1) is 13.8. The topological polar surface area (TPSA) is 48.3 Å². The molecule has 18 heavy (non-hydrogen) atoms. The molecule has 4 heteroatoms. The van der Waals surface area contributed by atoms with Crippen molar-refractivity contribution in [1.29, 1.82) is 5.26 Å². The van der Waals surface area contributed by atoms with Crippen LogP contribution >= 0.6 is 0 Å². The number of nitrogens with one attached hydrogen (secondary N) is 1. The van der Waals surface area contributed by atoms with Crippen molar-refractivity contribution in [3.05, 3.63) is 0 Å². The molecule has 3 unspecified atom stereocenters. The van der Waals surface area contributed by atoms with Crippen LogP contribution in [0.15, 0.2) is 0 Å². The van der Waals surface area contributed by atoms with Crippen molar-refractivity contribution < 1.29 is 4.74 Å². The highest BCUT2D eigenvalue weighted by Gasteiger charge is 2.41. The van der Waals surface area contributed by atoms with Gasteiger partial charge in [-0.05, 0) is 45.7 Å². The first-order chi connectivity index (χ1) is 8.70. The molecule has 1 saturated carbocycles. The van der Waals surface area contributed by atoms with E-state index in [-0.39, 0.29) is 5.54 Å². The third-order valence-corrected chi connectivity index (χ3v) is 4.59.